The first-order valence-corrected chi connectivity index (χ1v) is 5.43. The van der Waals surface area contributed by atoms with E-state index >= 15 is 0 Å². The number of rotatable bonds is 0. The molecule has 2 fully saturated rings. The largest absolute Gasteiger partial charge is 0.444 e. The van der Waals surface area contributed by atoms with Crippen LogP contribution in [0.25, 0.3) is 0 Å². The maximum Gasteiger partial charge on any atom is 0.410 e. The van der Waals surface area contributed by atoms with Crippen LogP contribution >= 0.6 is 0 Å². The monoisotopic (exact) mass is 197 g/mol. The minimum atomic E-state index is -0.364. The van der Waals surface area contributed by atoms with Gasteiger partial charge in [0.2, 0.25) is 0 Å². The van der Waals surface area contributed by atoms with E-state index in [-0.39, 0.29) is 11.7 Å². The van der Waals surface area contributed by atoms with E-state index in [0.717, 1.165) is 24.9 Å². The average molecular weight is 197 g/mol. The van der Waals surface area contributed by atoms with Gasteiger partial charge in [0.25, 0.3) is 0 Å². The van der Waals surface area contributed by atoms with E-state index in [2.05, 4.69) is 0 Å². The molecule has 3 nitrogen and oxygen atoms in total. The van der Waals surface area contributed by atoms with Crippen LogP contribution in [0.3, 0.4) is 0 Å². The van der Waals surface area contributed by atoms with Gasteiger partial charge in [-0.2, -0.15) is 0 Å². The number of ether oxygens (including phenoxy) is 1. The topological polar surface area (TPSA) is 29.5 Å². The number of carbonyl (C=O) groups excluding carboxylic acids is 1. The second-order valence-electron chi connectivity index (χ2n) is 5.47. The highest BCUT2D eigenvalue weighted by molar-refractivity contribution is 5.68. The molecule has 3 heteroatoms. The van der Waals surface area contributed by atoms with Gasteiger partial charge in [-0.3, -0.25) is 0 Å². The van der Waals surface area contributed by atoms with Crippen molar-refractivity contribution in [3.8, 4) is 0 Å². The quantitative estimate of drug-likeness (QED) is 0.596. The Bertz CT molecular complexity index is 244. The van der Waals surface area contributed by atoms with E-state index in [1.54, 1.807) is 0 Å². The Morgan fingerprint density at radius 1 is 1.36 bits per heavy atom. The van der Waals surface area contributed by atoms with Gasteiger partial charge < -0.3 is 9.64 Å². The fourth-order valence-corrected chi connectivity index (χ4v) is 2.08. The lowest BCUT2D eigenvalue weighted by Gasteiger charge is -2.29. The maximum atomic E-state index is 11.7. The van der Waals surface area contributed by atoms with E-state index in [9.17, 15) is 4.79 Å². The van der Waals surface area contributed by atoms with Gasteiger partial charge >= 0.3 is 6.09 Å². The van der Waals surface area contributed by atoms with Crippen molar-refractivity contribution in [2.24, 2.45) is 11.8 Å². The molecule has 0 aromatic carbocycles. The molecule has 1 saturated carbocycles. The summed E-state index contributed by atoms with van der Waals surface area (Å²) in [6.45, 7) is 7.54. The van der Waals surface area contributed by atoms with Crippen molar-refractivity contribution in [1.29, 1.82) is 0 Å². The highest BCUT2D eigenvalue weighted by Gasteiger charge is 2.43. The van der Waals surface area contributed by atoms with Crippen molar-refractivity contribution in [3.63, 3.8) is 0 Å². The summed E-state index contributed by atoms with van der Waals surface area (Å²) in [5, 5.41) is 0. The predicted molar refractivity (Wildman–Crippen MR) is 54.0 cm³/mol. The third-order valence-corrected chi connectivity index (χ3v) is 2.95. The first-order chi connectivity index (χ1) is 6.46. The number of nitrogens with zero attached hydrogens (tertiary/aromatic N) is 1. The lowest BCUT2D eigenvalue weighted by molar-refractivity contribution is 0.0207. The molecular weight excluding hydrogens is 178 g/mol. The van der Waals surface area contributed by atoms with Crippen LogP contribution in [0.1, 0.15) is 33.6 Å². The molecule has 14 heavy (non-hydrogen) atoms. The van der Waals surface area contributed by atoms with Gasteiger partial charge in [-0.15, -0.1) is 0 Å². The molecule has 1 amide bonds. The minimum absolute atomic E-state index is 0.136. The molecule has 0 unspecified atom stereocenters. The van der Waals surface area contributed by atoms with Crippen LogP contribution in [-0.2, 0) is 4.74 Å². The molecule has 2 aliphatic rings. The number of fused-ring (bicyclic) bond motifs is 1. The predicted octanol–water partition coefficient (Wildman–Crippen LogP) is 2.26. The normalized spacial score (nSPS) is 30.9. The molecule has 1 aliphatic heterocycles. The fraction of sp³-hybridized carbons (Fsp3) is 0.909. The SMILES string of the molecule is CC(C)(C)OC(=O)N1CC[C@H]2C[C@@H]2C1. The Morgan fingerprint density at radius 2 is 2.07 bits per heavy atom. The van der Waals surface area contributed by atoms with E-state index in [1.165, 1.54) is 12.8 Å². The Hall–Kier alpha value is -0.730. The minimum Gasteiger partial charge on any atom is -0.444 e. The molecule has 0 aromatic rings. The summed E-state index contributed by atoms with van der Waals surface area (Å²) < 4.78 is 5.33. The Labute approximate surface area is 85.4 Å². The van der Waals surface area contributed by atoms with Gasteiger partial charge in [0.05, 0.1) is 0 Å². The summed E-state index contributed by atoms with van der Waals surface area (Å²) in [6.07, 6.45) is 2.35. The number of amides is 1. The van der Waals surface area contributed by atoms with Crippen LogP contribution in [0.4, 0.5) is 4.79 Å². The van der Waals surface area contributed by atoms with Gasteiger partial charge in [0.1, 0.15) is 5.60 Å². The second kappa shape index (κ2) is 3.14. The van der Waals surface area contributed by atoms with Gasteiger partial charge in [0, 0.05) is 13.1 Å². The zero-order valence-electron chi connectivity index (χ0n) is 9.25. The van der Waals surface area contributed by atoms with E-state index in [0.29, 0.717) is 0 Å². The Balaban J connectivity index is 1.85. The molecule has 0 spiro atoms. The number of carbonyl (C=O) groups is 1. The standard InChI is InChI=1S/C11H19NO2/c1-11(2,3)14-10(13)12-5-4-8-6-9(8)7-12/h8-9H,4-7H2,1-3H3/t8-,9+/m0/s1. The first kappa shape index (κ1) is 9.81. The molecular formula is C11H19NO2. The van der Waals surface area contributed by atoms with E-state index in [4.69, 9.17) is 4.74 Å². The van der Waals surface area contributed by atoms with Crippen molar-refractivity contribution < 1.29 is 9.53 Å². The summed E-state index contributed by atoms with van der Waals surface area (Å²) in [5.41, 5.74) is -0.364. The Kier molecular flexibility index (Phi) is 2.20. The number of hydrogen-bond acceptors (Lipinski definition) is 2. The van der Waals surface area contributed by atoms with Crippen LogP contribution < -0.4 is 0 Å². The molecule has 0 N–H and O–H groups in total. The third kappa shape index (κ3) is 2.20. The average Bonchev–Trinajstić information content (AvgIpc) is 2.77. The van der Waals surface area contributed by atoms with Gasteiger partial charge in [-0.25, -0.2) is 4.79 Å². The molecule has 2 rings (SSSR count). The zero-order valence-corrected chi connectivity index (χ0v) is 9.25. The smallest absolute Gasteiger partial charge is 0.410 e. The Morgan fingerprint density at radius 3 is 2.64 bits per heavy atom. The van der Waals surface area contributed by atoms with E-state index in [1.807, 2.05) is 25.7 Å². The van der Waals surface area contributed by atoms with Gasteiger partial charge in [0.15, 0.2) is 0 Å². The lowest BCUT2D eigenvalue weighted by atomic mass is 10.1. The maximum absolute atomic E-state index is 11.7. The van der Waals surface area contributed by atoms with Crippen molar-refractivity contribution in [3.05, 3.63) is 0 Å². The number of piperidine rings is 1. The number of hydrogen-bond donors (Lipinski definition) is 0. The zero-order chi connectivity index (χ0) is 10.3. The van der Waals surface area contributed by atoms with Crippen molar-refractivity contribution in [2.75, 3.05) is 13.1 Å². The molecule has 1 aliphatic carbocycles. The highest BCUT2D eigenvalue weighted by Crippen LogP contribution is 2.44. The summed E-state index contributed by atoms with van der Waals surface area (Å²) in [5.74, 6) is 1.69. The molecule has 0 aromatic heterocycles. The fourth-order valence-electron chi connectivity index (χ4n) is 2.08. The van der Waals surface area contributed by atoms with Crippen molar-refractivity contribution in [1.82, 2.24) is 4.90 Å². The van der Waals surface area contributed by atoms with Crippen LogP contribution in [0.5, 0.6) is 0 Å². The van der Waals surface area contributed by atoms with Gasteiger partial charge in [-0.1, -0.05) is 0 Å². The van der Waals surface area contributed by atoms with E-state index < -0.39 is 0 Å². The van der Waals surface area contributed by atoms with Crippen LogP contribution in [-0.4, -0.2) is 29.7 Å². The summed E-state index contributed by atoms with van der Waals surface area (Å²) >= 11 is 0. The van der Waals surface area contributed by atoms with Crippen LogP contribution in [0, 0.1) is 11.8 Å². The lowest BCUT2D eigenvalue weighted by Crippen LogP contribution is -2.40. The first-order valence-electron chi connectivity index (χ1n) is 5.43. The molecule has 0 radical (unpaired) electrons. The summed E-state index contributed by atoms with van der Waals surface area (Å²) in [6, 6.07) is 0. The highest BCUT2D eigenvalue weighted by atomic mass is 16.6. The van der Waals surface area contributed by atoms with Crippen LogP contribution in [0.2, 0.25) is 0 Å². The van der Waals surface area contributed by atoms with Crippen LogP contribution in [0.15, 0.2) is 0 Å². The molecule has 0 bridgehead atoms. The van der Waals surface area contributed by atoms with Crippen molar-refractivity contribution in [2.45, 2.75) is 39.2 Å². The summed E-state index contributed by atoms with van der Waals surface area (Å²) in [4.78, 5) is 13.5. The molecule has 1 saturated heterocycles. The van der Waals surface area contributed by atoms with Crippen molar-refractivity contribution >= 4 is 6.09 Å². The molecule has 2 atom stereocenters. The molecule has 1 heterocycles. The second-order valence-corrected chi connectivity index (χ2v) is 5.47. The molecule has 80 valence electrons. The number of likely N-dealkylation sites (tertiary alicyclic amines) is 1. The summed E-state index contributed by atoms with van der Waals surface area (Å²) in [7, 11) is 0. The third-order valence-electron chi connectivity index (χ3n) is 2.95. The van der Waals surface area contributed by atoms with Gasteiger partial charge in [-0.05, 0) is 45.4 Å².